The van der Waals surface area contributed by atoms with Crippen LogP contribution in [0.3, 0.4) is 0 Å². The van der Waals surface area contributed by atoms with Gasteiger partial charge in [0.25, 0.3) is 0 Å². The molecule has 0 fully saturated rings. The Labute approximate surface area is 86.6 Å². The lowest BCUT2D eigenvalue weighted by Gasteiger charge is -2.07. The molecule has 0 aliphatic heterocycles. The Morgan fingerprint density at radius 1 is 1.62 bits per heavy atom. The summed E-state index contributed by atoms with van der Waals surface area (Å²) in [7, 11) is 1.63. The first kappa shape index (κ1) is 10.5. The summed E-state index contributed by atoms with van der Waals surface area (Å²) in [6.45, 7) is 3.79. The summed E-state index contributed by atoms with van der Waals surface area (Å²) >= 11 is 3.37. The van der Waals surface area contributed by atoms with Crippen molar-refractivity contribution in [3.8, 4) is 5.88 Å². The topological polar surface area (TPSA) is 34.2 Å². The maximum absolute atomic E-state index is 5.13. The van der Waals surface area contributed by atoms with Crippen LogP contribution >= 0.6 is 15.9 Å². The first-order valence-corrected chi connectivity index (χ1v) is 4.96. The molecule has 1 N–H and O–H groups in total. The monoisotopic (exact) mass is 244 g/mol. The van der Waals surface area contributed by atoms with Crippen LogP contribution in [0.15, 0.2) is 16.7 Å². The van der Waals surface area contributed by atoms with Crippen LogP contribution in [0.4, 0.5) is 0 Å². The predicted molar refractivity (Wildman–Crippen MR) is 55.9 cm³/mol. The lowest BCUT2D eigenvalue weighted by Crippen LogP contribution is -2.13. The van der Waals surface area contributed by atoms with Gasteiger partial charge < -0.3 is 10.1 Å². The van der Waals surface area contributed by atoms with E-state index >= 15 is 0 Å². The Balaban J connectivity index is 2.81. The minimum atomic E-state index is 0.684. The smallest absolute Gasteiger partial charge is 0.217 e. The van der Waals surface area contributed by atoms with E-state index in [1.54, 1.807) is 13.3 Å². The molecule has 0 aliphatic rings. The Morgan fingerprint density at radius 3 is 3.00 bits per heavy atom. The molecule has 4 heteroatoms. The minimum absolute atomic E-state index is 0.684. The van der Waals surface area contributed by atoms with Gasteiger partial charge >= 0.3 is 0 Å². The Hall–Kier alpha value is -0.610. The molecule has 13 heavy (non-hydrogen) atoms. The molecule has 72 valence electrons. The van der Waals surface area contributed by atoms with E-state index in [1.807, 2.05) is 6.07 Å². The molecule has 0 unspecified atom stereocenters. The van der Waals surface area contributed by atoms with Crippen LogP contribution in [0, 0.1) is 0 Å². The highest BCUT2D eigenvalue weighted by atomic mass is 79.9. The van der Waals surface area contributed by atoms with Crippen molar-refractivity contribution >= 4 is 15.9 Å². The Kier molecular flexibility index (Phi) is 4.18. The van der Waals surface area contributed by atoms with Gasteiger partial charge in [0.2, 0.25) is 5.88 Å². The average Bonchev–Trinajstić information content (AvgIpc) is 2.15. The number of nitrogens with one attached hydrogen (secondary N) is 1. The molecular weight excluding hydrogens is 232 g/mol. The van der Waals surface area contributed by atoms with Gasteiger partial charge in [0.1, 0.15) is 0 Å². The van der Waals surface area contributed by atoms with Gasteiger partial charge in [-0.1, -0.05) is 6.92 Å². The van der Waals surface area contributed by atoms with Gasteiger partial charge in [-0.2, -0.15) is 0 Å². The zero-order chi connectivity index (χ0) is 9.68. The van der Waals surface area contributed by atoms with Crippen molar-refractivity contribution in [2.45, 2.75) is 13.5 Å². The van der Waals surface area contributed by atoms with E-state index in [1.165, 1.54) is 0 Å². The van der Waals surface area contributed by atoms with E-state index in [0.29, 0.717) is 5.88 Å². The minimum Gasteiger partial charge on any atom is -0.481 e. The first-order chi connectivity index (χ1) is 6.27. The largest absolute Gasteiger partial charge is 0.481 e. The molecule has 0 radical (unpaired) electrons. The lowest BCUT2D eigenvalue weighted by molar-refractivity contribution is 0.390. The van der Waals surface area contributed by atoms with Gasteiger partial charge in [-0.25, -0.2) is 4.98 Å². The molecule has 1 aromatic rings. The van der Waals surface area contributed by atoms with Gasteiger partial charge in [0.15, 0.2) is 0 Å². The van der Waals surface area contributed by atoms with Gasteiger partial charge in [0.05, 0.1) is 7.11 Å². The number of hydrogen-bond acceptors (Lipinski definition) is 3. The second-order valence-electron chi connectivity index (χ2n) is 2.60. The number of halogens is 1. The van der Waals surface area contributed by atoms with Crippen LogP contribution < -0.4 is 10.1 Å². The van der Waals surface area contributed by atoms with E-state index in [2.05, 4.69) is 33.2 Å². The van der Waals surface area contributed by atoms with Crippen LogP contribution in [0.5, 0.6) is 5.88 Å². The average molecular weight is 245 g/mol. The van der Waals surface area contributed by atoms with Crippen LogP contribution in [-0.4, -0.2) is 18.6 Å². The lowest BCUT2D eigenvalue weighted by atomic mass is 10.2. The molecular formula is C9H13BrN2O. The second-order valence-corrected chi connectivity index (χ2v) is 3.52. The fraction of sp³-hybridized carbons (Fsp3) is 0.444. The van der Waals surface area contributed by atoms with Gasteiger partial charge in [-0.15, -0.1) is 0 Å². The zero-order valence-electron chi connectivity index (χ0n) is 7.80. The fourth-order valence-corrected chi connectivity index (χ4v) is 1.42. The molecule has 0 saturated carbocycles. The summed E-state index contributed by atoms with van der Waals surface area (Å²) in [5, 5.41) is 3.23. The van der Waals surface area contributed by atoms with Crippen molar-refractivity contribution in [1.29, 1.82) is 0 Å². The summed E-state index contributed by atoms with van der Waals surface area (Å²) in [6, 6.07) is 2.01. The standard InChI is InChI=1S/C9H13BrN2O/c1-3-11-5-7-4-8(10)6-12-9(7)13-2/h4,6,11H,3,5H2,1-2H3. The van der Waals surface area contributed by atoms with Gasteiger partial charge in [-0.3, -0.25) is 0 Å². The van der Waals surface area contributed by atoms with Gasteiger partial charge in [0, 0.05) is 22.8 Å². The molecule has 1 aromatic heterocycles. The highest BCUT2D eigenvalue weighted by Crippen LogP contribution is 2.19. The molecule has 3 nitrogen and oxygen atoms in total. The van der Waals surface area contributed by atoms with Crippen molar-refractivity contribution in [1.82, 2.24) is 10.3 Å². The number of nitrogens with zero attached hydrogens (tertiary/aromatic N) is 1. The third-order valence-electron chi connectivity index (χ3n) is 1.65. The maximum atomic E-state index is 5.13. The highest BCUT2D eigenvalue weighted by molar-refractivity contribution is 9.10. The third-order valence-corrected chi connectivity index (χ3v) is 2.08. The van der Waals surface area contributed by atoms with Gasteiger partial charge in [-0.05, 0) is 28.5 Å². The predicted octanol–water partition coefficient (Wildman–Crippen LogP) is 1.96. The van der Waals surface area contributed by atoms with Crippen LogP contribution in [0.25, 0.3) is 0 Å². The van der Waals surface area contributed by atoms with Crippen LogP contribution in [-0.2, 0) is 6.54 Å². The molecule has 0 bridgehead atoms. The maximum Gasteiger partial charge on any atom is 0.217 e. The summed E-state index contributed by atoms with van der Waals surface area (Å²) in [5.41, 5.74) is 1.07. The SMILES string of the molecule is CCNCc1cc(Br)cnc1OC. The van der Waals surface area contributed by atoms with E-state index in [-0.39, 0.29) is 0 Å². The van der Waals surface area contributed by atoms with Crippen molar-refractivity contribution < 1.29 is 4.74 Å². The summed E-state index contributed by atoms with van der Waals surface area (Å²) in [4.78, 5) is 4.14. The summed E-state index contributed by atoms with van der Waals surface area (Å²) in [6.07, 6.45) is 1.73. The number of hydrogen-bond donors (Lipinski definition) is 1. The third kappa shape index (κ3) is 2.97. The van der Waals surface area contributed by atoms with Crippen LogP contribution in [0.2, 0.25) is 0 Å². The van der Waals surface area contributed by atoms with Crippen molar-refractivity contribution in [2.24, 2.45) is 0 Å². The second kappa shape index (κ2) is 5.19. The number of aromatic nitrogens is 1. The molecule has 0 saturated heterocycles. The van der Waals surface area contributed by atoms with Crippen molar-refractivity contribution in [3.63, 3.8) is 0 Å². The molecule has 0 atom stereocenters. The highest BCUT2D eigenvalue weighted by Gasteiger charge is 2.03. The normalized spacial score (nSPS) is 10.1. The number of pyridine rings is 1. The quantitative estimate of drug-likeness (QED) is 0.880. The first-order valence-electron chi connectivity index (χ1n) is 4.17. The number of methoxy groups -OCH3 is 1. The van der Waals surface area contributed by atoms with Crippen molar-refractivity contribution in [2.75, 3.05) is 13.7 Å². The molecule has 0 aliphatic carbocycles. The Morgan fingerprint density at radius 2 is 2.38 bits per heavy atom. The molecule has 0 aromatic carbocycles. The number of ether oxygens (including phenoxy) is 1. The van der Waals surface area contributed by atoms with Crippen molar-refractivity contribution in [3.05, 3.63) is 22.3 Å². The van der Waals surface area contributed by atoms with Crippen LogP contribution in [0.1, 0.15) is 12.5 Å². The van der Waals surface area contributed by atoms with E-state index < -0.39 is 0 Å². The van der Waals surface area contributed by atoms with E-state index in [0.717, 1.165) is 23.1 Å². The number of rotatable bonds is 4. The van der Waals surface area contributed by atoms with E-state index in [9.17, 15) is 0 Å². The summed E-state index contributed by atoms with van der Waals surface area (Å²) < 4.78 is 6.10. The zero-order valence-corrected chi connectivity index (χ0v) is 9.39. The molecule has 1 rings (SSSR count). The molecule has 0 amide bonds. The fourth-order valence-electron chi connectivity index (χ4n) is 1.04. The summed E-state index contributed by atoms with van der Waals surface area (Å²) in [5.74, 6) is 0.684. The molecule has 1 heterocycles. The van der Waals surface area contributed by atoms with E-state index in [4.69, 9.17) is 4.74 Å². The Bertz CT molecular complexity index is 278. The molecule has 0 spiro atoms.